The predicted octanol–water partition coefficient (Wildman–Crippen LogP) is 2.66. The van der Waals surface area contributed by atoms with E-state index in [4.69, 9.17) is 0 Å². The Morgan fingerprint density at radius 3 is 2.06 bits per heavy atom. The summed E-state index contributed by atoms with van der Waals surface area (Å²) in [5.74, 6) is 0.786. The van der Waals surface area contributed by atoms with Crippen molar-refractivity contribution in [3.8, 4) is 0 Å². The highest BCUT2D eigenvalue weighted by atomic mass is 32.2. The van der Waals surface area contributed by atoms with Gasteiger partial charge in [-0.3, -0.25) is 0 Å². The van der Waals surface area contributed by atoms with E-state index in [9.17, 15) is 4.79 Å². The summed E-state index contributed by atoms with van der Waals surface area (Å²) in [7, 11) is 0. The van der Waals surface area contributed by atoms with Gasteiger partial charge in [0, 0.05) is 36.7 Å². The van der Waals surface area contributed by atoms with Crippen LogP contribution in [0.4, 0.5) is 4.79 Å². The maximum atomic E-state index is 12.4. The largest absolute Gasteiger partial charge is 0.325 e. The Balaban J connectivity index is 1.90. The molecule has 17 heavy (non-hydrogen) atoms. The molecule has 2 aliphatic rings. The van der Waals surface area contributed by atoms with Crippen LogP contribution >= 0.6 is 11.8 Å². The van der Waals surface area contributed by atoms with Gasteiger partial charge in [0.1, 0.15) is 0 Å². The van der Waals surface area contributed by atoms with Crippen LogP contribution in [0, 0.1) is 5.92 Å². The first-order chi connectivity index (χ1) is 8.06. The SMILES string of the molecule is CC1CCN(C(=O)N2CC(C)SC(C)C2)CC1. The van der Waals surface area contributed by atoms with Crippen LogP contribution in [0.1, 0.15) is 33.6 Å². The van der Waals surface area contributed by atoms with Crippen LogP contribution in [-0.4, -0.2) is 52.5 Å². The fourth-order valence-electron chi connectivity index (χ4n) is 2.73. The molecule has 2 saturated heterocycles. The average Bonchev–Trinajstić information content (AvgIpc) is 2.28. The van der Waals surface area contributed by atoms with Gasteiger partial charge in [-0.1, -0.05) is 20.8 Å². The van der Waals surface area contributed by atoms with Gasteiger partial charge in [-0.15, -0.1) is 0 Å². The van der Waals surface area contributed by atoms with Crippen molar-refractivity contribution < 1.29 is 4.79 Å². The number of hydrogen-bond acceptors (Lipinski definition) is 2. The Morgan fingerprint density at radius 2 is 1.53 bits per heavy atom. The molecule has 2 rings (SSSR count). The highest BCUT2D eigenvalue weighted by Crippen LogP contribution is 2.26. The van der Waals surface area contributed by atoms with Crippen molar-refractivity contribution in [3.63, 3.8) is 0 Å². The first kappa shape index (κ1) is 13.1. The standard InChI is InChI=1S/C13H24N2OS/c1-10-4-6-14(7-5-10)13(16)15-8-11(2)17-12(3)9-15/h10-12H,4-9H2,1-3H3. The van der Waals surface area contributed by atoms with Crippen LogP contribution in [-0.2, 0) is 0 Å². The van der Waals surface area contributed by atoms with Crippen molar-refractivity contribution in [1.82, 2.24) is 9.80 Å². The van der Waals surface area contributed by atoms with Crippen molar-refractivity contribution in [2.75, 3.05) is 26.2 Å². The molecular formula is C13H24N2OS. The molecule has 0 aliphatic carbocycles. The van der Waals surface area contributed by atoms with Crippen molar-refractivity contribution in [2.45, 2.75) is 44.1 Å². The first-order valence-corrected chi connectivity index (χ1v) is 7.70. The molecule has 2 heterocycles. The lowest BCUT2D eigenvalue weighted by Crippen LogP contribution is -2.51. The molecule has 0 saturated carbocycles. The molecule has 0 radical (unpaired) electrons. The van der Waals surface area contributed by atoms with E-state index in [-0.39, 0.29) is 6.03 Å². The zero-order valence-corrected chi connectivity index (χ0v) is 12.0. The zero-order chi connectivity index (χ0) is 12.4. The van der Waals surface area contributed by atoms with Gasteiger partial charge >= 0.3 is 6.03 Å². The molecule has 4 heteroatoms. The number of piperidine rings is 1. The van der Waals surface area contributed by atoms with Crippen LogP contribution in [0.2, 0.25) is 0 Å². The lowest BCUT2D eigenvalue weighted by atomic mass is 9.99. The fraction of sp³-hybridized carbons (Fsp3) is 0.923. The minimum absolute atomic E-state index is 0.274. The number of rotatable bonds is 0. The third-order valence-electron chi connectivity index (χ3n) is 3.74. The number of thioether (sulfide) groups is 1. The molecule has 0 N–H and O–H groups in total. The highest BCUT2D eigenvalue weighted by molar-refractivity contribution is 8.00. The predicted molar refractivity (Wildman–Crippen MR) is 73.5 cm³/mol. The molecule has 98 valence electrons. The van der Waals surface area contributed by atoms with Crippen LogP contribution in [0.3, 0.4) is 0 Å². The van der Waals surface area contributed by atoms with Gasteiger partial charge in [0.2, 0.25) is 0 Å². The third kappa shape index (κ3) is 3.30. The molecule has 2 amide bonds. The van der Waals surface area contributed by atoms with Gasteiger partial charge in [0.05, 0.1) is 0 Å². The molecule has 2 unspecified atom stereocenters. The number of nitrogens with zero attached hydrogens (tertiary/aromatic N) is 2. The lowest BCUT2D eigenvalue weighted by Gasteiger charge is -2.39. The Bertz CT molecular complexity index is 267. The van der Waals surface area contributed by atoms with E-state index in [2.05, 4.69) is 30.6 Å². The molecule has 0 spiro atoms. The normalized spacial score (nSPS) is 31.7. The minimum atomic E-state index is 0.274. The van der Waals surface area contributed by atoms with Gasteiger partial charge in [0.25, 0.3) is 0 Å². The van der Waals surface area contributed by atoms with Crippen LogP contribution < -0.4 is 0 Å². The molecule has 3 nitrogen and oxygen atoms in total. The van der Waals surface area contributed by atoms with E-state index in [1.165, 1.54) is 12.8 Å². The van der Waals surface area contributed by atoms with E-state index in [1.807, 2.05) is 11.8 Å². The zero-order valence-electron chi connectivity index (χ0n) is 11.2. The van der Waals surface area contributed by atoms with Gasteiger partial charge in [0.15, 0.2) is 0 Å². The quantitative estimate of drug-likeness (QED) is 0.665. The fourth-order valence-corrected chi connectivity index (χ4v) is 4.06. The summed E-state index contributed by atoms with van der Waals surface area (Å²) < 4.78 is 0. The van der Waals surface area contributed by atoms with Gasteiger partial charge < -0.3 is 9.80 Å². The van der Waals surface area contributed by atoms with Crippen molar-refractivity contribution in [1.29, 1.82) is 0 Å². The number of hydrogen-bond donors (Lipinski definition) is 0. The summed E-state index contributed by atoms with van der Waals surface area (Å²) in [6.07, 6.45) is 2.33. The van der Waals surface area contributed by atoms with Crippen molar-refractivity contribution >= 4 is 17.8 Å². The van der Waals surface area contributed by atoms with E-state index in [1.54, 1.807) is 0 Å². The second-order valence-corrected chi connectivity index (χ2v) is 7.50. The number of likely N-dealkylation sites (tertiary alicyclic amines) is 1. The highest BCUT2D eigenvalue weighted by Gasteiger charge is 2.30. The van der Waals surface area contributed by atoms with E-state index < -0.39 is 0 Å². The summed E-state index contributed by atoms with van der Waals surface area (Å²) in [6.45, 7) is 10.5. The van der Waals surface area contributed by atoms with Gasteiger partial charge in [-0.25, -0.2) is 4.79 Å². The monoisotopic (exact) mass is 256 g/mol. The van der Waals surface area contributed by atoms with E-state index >= 15 is 0 Å². The smallest absolute Gasteiger partial charge is 0.320 e. The summed E-state index contributed by atoms with van der Waals surface area (Å²) in [5, 5.41) is 1.15. The maximum absolute atomic E-state index is 12.4. The van der Waals surface area contributed by atoms with Gasteiger partial charge in [-0.2, -0.15) is 11.8 Å². The minimum Gasteiger partial charge on any atom is -0.325 e. The van der Waals surface area contributed by atoms with Crippen molar-refractivity contribution in [2.24, 2.45) is 5.92 Å². The van der Waals surface area contributed by atoms with Gasteiger partial charge in [-0.05, 0) is 18.8 Å². The Kier molecular flexibility index (Phi) is 4.23. The third-order valence-corrected chi connectivity index (χ3v) is 4.97. The van der Waals surface area contributed by atoms with E-state index in [0.29, 0.717) is 10.5 Å². The topological polar surface area (TPSA) is 23.6 Å². The summed E-state index contributed by atoms with van der Waals surface area (Å²) in [6, 6.07) is 0.274. The average molecular weight is 256 g/mol. The molecule has 0 bridgehead atoms. The number of carbonyl (C=O) groups excluding carboxylic acids is 1. The Morgan fingerprint density at radius 1 is 1.00 bits per heavy atom. The molecule has 0 aromatic carbocycles. The molecule has 2 aliphatic heterocycles. The van der Waals surface area contributed by atoms with E-state index in [0.717, 1.165) is 32.1 Å². The summed E-state index contributed by atoms with van der Waals surface area (Å²) in [4.78, 5) is 16.5. The Hall–Kier alpha value is -0.380. The number of carbonyl (C=O) groups is 1. The molecule has 0 aromatic heterocycles. The second-order valence-electron chi connectivity index (χ2n) is 5.61. The Labute approximate surface area is 109 Å². The molecule has 2 atom stereocenters. The second kappa shape index (κ2) is 5.51. The summed E-state index contributed by atoms with van der Waals surface area (Å²) in [5.41, 5.74) is 0. The lowest BCUT2D eigenvalue weighted by molar-refractivity contribution is 0.134. The number of amides is 2. The molecule has 2 fully saturated rings. The summed E-state index contributed by atoms with van der Waals surface area (Å²) >= 11 is 2.00. The maximum Gasteiger partial charge on any atom is 0.320 e. The van der Waals surface area contributed by atoms with Crippen LogP contribution in [0.15, 0.2) is 0 Å². The number of urea groups is 1. The molecular weight excluding hydrogens is 232 g/mol. The van der Waals surface area contributed by atoms with Crippen LogP contribution in [0.25, 0.3) is 0 Å². The van der Waals surface area contributed by atoms with Crippen LogP contribution in [0.5, 0.6) is 0 Å². The first-order valence-electron chi connectivity index (χ1n) is 6.75. The van der Waals surface area contributed by atoms with Crippen molar-refractivity contribution in [3.05, 3.63) is 0 Å². The molecule has 0 aromatic rings.